The Morgan fingerprint density at radius 2 is 1.91 bits per heavy atom. The summed E-state index contributed by atoms with van der Waals surface area (Å²) in [5.41, 5.74) is -0.695. The second-order valence-electron chi connectivity index (χ2n) is 4.17. The van der Waals surface area contributed by atoms with Gasteiger partial charge in [0, 0.05) is 23.3 Å². The van der Waals surface area contributed by atoms with E-state index in [4.69, 9.17) is 33.9 Å². The highest BCUT2D eigenvalue weighted by Crippen LogP contribution is 2.39. The van der Waals surface area contributed by atoms with Gasteiger partial charge < -0.3 is 4.74 Å². The number of nitrogens with zero attached hydrogens (tertiary/aromatic N) is 2. The van der Waals surface area contributed by atoms with Gasteiger partial charge >= 0.3 is 6.61 Å². The second kappa shape index (κ2) is 6.39. The molecule has 0 atom stereocenters. The molecule has 12 heteroatoms. The minimum absolute atomic E-state index is 0.305. The lowest BCUT2D eigenvalue weighted by Crippen LogP contribution is -2.06. The second-order valence-corrected chi connectivity index (χ2v) is 7.49. The molecule has 0 aliphatic carbocycles. The highest BCUT2D eigenvalue weighted by atomic mass is 35.7. The van der Waals surface area contributed by atoms with Crippen LogP contribution in [-0.2, 0) is 16.1 Å². The molecule has 0 aliphatic heterocycles. The Bertz CT molecular complexity index is 871. The molecule has 0 bridgehead atoms. The van der Waals surface area contributed by atoms with Crippen molar-refractivity contribution < 1.29 is 26.3 Å². The third-order valence-electron chi connectivity index (χ3n) is 2.68. The van der Waals surface area contributed by atoms with Crippen LogP contribution in [0.25, 0.3) is 11.3 Å². The molecule has 1 aromatic heterocycles. The Morgan fingerprint density at radius 1 is 1.30 bits per heavy atom. The summed E-state index contributed by atoms with van der Waals surface area (Å²) in [5.74, 6) is -1.48. The number of aryl methyl sites for hydroxylation is 1. The van der Waals surface area contributed by atoms with Crippen LogP contribution in [0.5, 0.6) is 5.88 Å². The minimum Gasteiger partial charge on any atom is -0.416 e. The van der Waals surface area contributed by atoms with Crippen molar-refractivity contribution in [2.75, 3.05) is 0 Å². The monoisotopic (exact) mass is 408 g/mol. The van der Waals surface area contributed by atoms with Crippen LogP contribution >= 0.6 is 33.9 Å². The van der Waals surface area contributed by atoms with E-state index in [0.29, 0.717) is 6.07 Å². The molecule has 0 N–H and O–H groups in total. The maximum absolute atomic E-state index is 14.1. The number of halogens is 6. The molecule has 0 amide bonds. The quantitative estimate of drug-likeness (QED) is 0.715. The molecule has 5 nitrogen and oxygen atoms in total. The van der Waals surface area contributed by atoms with Gasteiger partial charge in [-0.05, 0) is 12.1 Å². The third kappa shape index (κ3) is 3.68. The molecule has 0 radical (unpaired) electrons. The molecular formula is C11H6Cl3F3N2O3S. The number of hydrogen-bond acceptors (Lipinski definition) is 4. The van der Waals surface area contributed by atoms with Crippen molar-refractivity contribution in [3.8, 4) is 17.1 Å². The molecule has 0 spiro atoms. The van der Waals surface area contributed by atoms with E-state index in [1.54, 1.807) is 0 Å². The van der Waals surface area contributed by atoms with Crippen LogP contribution in [0.15, 0.2) is 17.0 Å². The van der Waals surface area contributed by atoms with Gasteiger partial charge in [0.2, 0.25) is 5.88 Å². The number of rotatable bonds is 4. The molecule has 23 heavy (non-hydrogen) atoms. The van der Waals surface area contributed by atoms with E-state index in [-0.39, 0.29) is 5.69 Å². The van der Waals surface area contributed by atoms with Crippen molar-refractivity contribution in [3.05, 3.63) is 28.0 Å². The van der Waals surface area contributed by atoms with Gasteiger partial charge in [-0.2, -0.15) is 13.9 Å². The normalized spacial score (nSPS) is 12.0. The largest absolute Gasteiger partial charge is 0.416 e. The number of benzene rings is 1. The standard InChI is InChI=1S/C11H6Cl3F3N2O3S/c1-19-10(22-11(16)17)8(13)9(18-19)4-2-7(23(14,20)21)5(12)3-6(4)15/h2-3,11H,1H3. The van der Waals surface area contributed by atoms with Crippen LogP contribution < -0.4 is 4.74 Å². The highest BCUT2D eigenvalue weighted by Gasteiger charge is 2.25. The molecule has 0 saturated carbocycles. The highest BCUT2D eigenvalue weighted by molar-refractivity contribution is 8.13. The van der Waals surface area contributed by atoms with Crippen molar-refractivity contribution in [3.63, 3.8) is 0 Å². The van der Waals surface area contributed by atoms with Crippen molar-refractivity contribution in [2.24, 2.45) is 7.05 Å². The number of alkyl halides is 2. The first-order valence-corrected chi connectivity index (χ1v) is 8.70. The number of aromatic nitrogens is 2. The fourth-order valence-electron chi connectivity index (χ4n) is 1.76. The molecule has 0 unspecified atom stereocenters. The Balaban J connectivity index is 2.68. The molecule has 126 valence electrons. The van der Waals surface area contributed by atoms with E-state index < -0.39 is 47.9 Å². The van der Waals surface area contributed by atoms with Gasteiger partial charge in [-0.25, -0.2) is 17.5 Å². The maximum atomic E-state index is 14.1. The summed E-state index contributed by atoms with van der Waals surface area (Å²) in [6, 6.07) is 1.51. The molecular weight excluding hydrogens is 404 g/mol. The molecule has 0 fully saturated rings. The Kier molecular flexibility index (Phi) is 5.05. The predicted molar refractivity (Wildman–Crippen MR) is 78.3 cm³/mol. The van der Waals surface area contributed by atoms with Gasteiger partial charge in [-0.15, -0.1) is 0 Å². The average Bonchev–Trinajstić information content (AvgIpc) is 2.65. The van der Waals surface area contributed by atoms with Gasteiger partial charge in [-0.1, -0.05) is 23.2 Å². The minimum atomic E-state index is -4.27. The number of hydrogen-bond donors (Lipinski definition) is 0. The number of ether oxygens (including phenoxy) is 1. The van der Waals surface area contributed by atoms with Crippen LogP contribution in [0.3, 0.4) is 0 Å². The summed E-state index contributed by atoms with van der Waals surface area (Å²) in [6.45, 7) is -3.18. The van der Waals surface area contributed by atoms with Crippen molar-refractivity contribution in [1.29, 1.82) is 0 Å². The Morgan fingerprint density at radius 3 is 2.43 bits per heavy atom. The lowest BCUT2D eigenvalue weighted by molar-refractivity contribution is -0.0552. The predicted octanol–water partition coefficient (Wildman–Crippen LogP) is 4.06. The van der Waals surface area contributed by atoms with Gasteiger partial charge in [0.15, 0.2) is 0 Å². The van der Waals surface area contributed by atoms with Gasteiger partial charge in [-0.3, -0.25) is 0 Å². The van der Waals surface area contributed by atoms with Gasteiger partial charge in [0.1, 0.15) is 21.4 Å². The van der Waals surface area contributed by atoms with Crippen LogP contribution in [0.4, 0.5) is 13.2 Å². The van der Waals surface area contributed by atoms with Gasteiger partial charge in [0.05, 0.1) is 5.02 Å². The molecule has 1 aromatic carbocycles. The lowest BCUT2D eigenvalue weighted by Gasteiger charge is -2.06. The van der Waals surface area contributed by atoms with Crippen molar-refractivity contribution in [1.82, 2.24) is 9.78 Å². The third-order valence-corrected chi connectivity index (χ3v) is 4.81. The fraction of sp³-hybridized carbons (Fsp3) is 0.182. The van der Waals surface area contributed by atoms with E-state index >= 15 is 0 Å². The zero-order valence-corrected chi connectivity index (χ0v) is 14.1. The first-order chi connectivity index (χ1) is 10.5. The molecule has 2 aromatic rings. The van der Waals surface area contributed by atoms with Gasteiger partial charge in [0.25, 0.3) is 9.05 Å². The fourth-order valence-corrected chi connectivity index (χ4v) is 3.58. The van der Waals surface area contributed by atoms with E-state index in [1.807, 2.05) is 0 Å². The zero-order chi connectivity index (χ0) is 17.5. The first kappa shape index (κ1) is 18.2. The van der Waals surface area contributed by atoms with Crippen molar-refractivity contribution in [2.45, 2.75) is 11.5 Å². The zero-order valence-electron chi connectivity index (χ0n) is 11.0. The van der Waals surface area contributed by atoms with Crippen LogP contribution in [0.2, 0.25) is 10.0 Å². The summed E-state index contributed by atoms with van der Waals surface area (Å²) >= 11 is 11.5. The Hall–Kier alpha value is -1.16. The molecule has 0 saturated heterocycles. The summed E-state index contributed by atoms with van der Waals surface area (Å²) in [6.07, 6.45) is 0. The Labute approximate surface area is 142 Å². The van der Waals surface area contributed by atoms with Crippen molar-refractivity contribution >= 4 is 42.9 Å². The molecule has 2 rings (SSSR count). The molecule has 0 aliphatic rings. The smallest absolute Gasteiger partial charge is 0.388 e. The first-order valence-electron chi connectivity index (χ1n) is 5.63. The van der Waals surface area contributed by atoms with E-state index in [9.17, 15) is 21.6 Å². The SMILES string of the molecule is Cn1nc(-c2cc(S(=O)(=O)Cl)c(Cl)cc2F)c(Cl)c1OC(F)F. The van der Waals surface area contributed by atoms with Crippen LogP contribution in [-0.4, -0.2) is 24.8 Å². The maximum Gasteiger partial charge on any atom is 0.388 e. The summed E-state index contributed by atoms with van der Waals surface area (Å²) < 4.78 is 66.6. The van der Waals surface area contributed by atoms with Crippen LogP contribution in [0.1, 0.15) is 0 Å². The van der Waals surface area contributed by atoms with E-state index in [2.05, 4.69) is 9.84 Å². The van der Waals surface area contributed by atoms with E-state index in [1.165, 1.54) is 7.05 Å². The topological polar surface area (TPSA) is 61.2 Å². The summed E-state index contributed by atoms with van der Waals surface area (Å²) in [4.78, 5) is -0.574. The van der Waals surface area contributed by atoms with E-state index in [0.717, 1.165) is 10.7 Å². The molecule has 1 heterocycles. The van der Waals surface area contributed by atoms with Crippen LogP contribution in [0, 0.1) is 5.82 Å². The summed E-state index contributed by atoms with van der Waals surface area (Å²) in [5, 5.41) is 2.88. The summed E-state index contributed by atoms with van der Waals surface area (Å²) in [7, 11) is 2.17. The lowest BCUT2D eigenvalue weighted by atomic mass is 10.1. The average molecular weight is 410 g/mol.